The molecule has 35 heavy (non-hydrogen) atoms. The number of rotatable bonds is 6. The minimum Gasteiger partial charge on any atom is -0.488 e. The van der Waals surface area contributed by atoms with Crippen molar-refractivity contribution in [1.82, 2.24) is 5.32 Å². The number of aryl methyl sites for hydroxylation is 1. The molecule has 3 aromatic rings. The van der Waals surface area contributed by atoms with Gasteiger partial charge in [-0.3, -0.25) is 14.9 Å². The average molecular weight is 470 g/mol. The molecule has 0 saturated carbocycles. The summed E-state index contributed by atoms with van der Waals surface area (Å²) in [5.74, 6) is -2.12. The maximum Gasteiger partial charge on any atom is 0.335 e. The number of barbiturate groups is 1. The molecule has 0 atom stereocenters. The fraction of sp³-hybridized carbons (Fsp3) is 0.111. The third-order valence-corrected chi connectivity index (χ3v) is 5.73. The van der Waals surface area contributed by atoms with Gasteiger partial charge < -0.3 is 9.84 Å². The van der Waals surface area contributed by atoms with Crippen molar-refractivity contribution in [3.8, 4) is 5.75 Å². The molecule has 1 fully saturated rings. The second kappa shape index (κ2) is 9.64. The molecule has 0 radical (unpaired) electrons. The molecule has 176 valence electrons. The molecule has 0 unspecified atom stereocenters. The predicted molar refractivity (Wildman–Crippen MR) is 129 cm³/mol. The molecule has 0 aromatic heterocycles. The van der Waals surface area contributed by atoms with E-state index >= 15 is 0 Å². The summed E-state index contributed by atoms with van der Waals surface area (Å²) in [7, 11) is 0. The third kappa shape index (κ3) is 4.81. The third-order valence-electron chi connectivity index (χ3n) is 5.73. The van der Waals surface area contributed by atoms with Crippen LogP contribution in [0.2, 0.25) is 0 Å². The second-order valence-electron chi connectivity index (χ2n) is 8.01. The number of ether oxygens (including phenoxy) is 1. The summed E-state index contributed by atoms with van der Waals surface area (Å²) in [5, 5.41) is 11.3. The summed E-state index contributed by atoms with van der Waals surface area (Å²) in [4.78, 5) is 50.4. The maximum atomic E-state index is 13.3. The largest absolute Gasteiger partial charge is 0.488 e. The van der Waals surface area contributed by atoms with E-state index in [4.69, 9.17) is 9.84 Å². The molecule has 8 nitrogen and oxygen atoms in total. The quantitative estimate of drug-likeness (QED) is 0.411. The molecule has 0 spiro atoms. The van der Waals surface area contributed by atoms with Crippen LogP contribution < -0.4 is 15.0 Å². The number of carboxylic acids is 1. The molecule has 2 N–H and O–H groups in total. The van der Waals surface area contributed by atoms with Gasteiger partial charge in [0.05, 0.1) is 11.3 Å². The van der Waals surface area contributed by atoms with Crippen LogP contribution in [0.15, 0.2) is 72.3 Å². The highest BCUT2D eigenvalue weighted by Crippen LogP contribution is 2.28. The number of carboxylic acid groups (broad SMARTS) is 1. The fourth-order valence-electron chi connectivity index (χ4n) is 3.65. The second-order valence-corrected chi connectivity index (χ2v) is 8.01. The molecule has 1 saturated heterocycles. The van der Waals surface area contributed by atoms with Crippen LogP contribution in [0, 0.1) is 13.8 Å². The Bertz CT molecular complexity index is 1370. The Morgan fingerprint density at radius 2 is 1.69 bits per heavy atom. The lowest BCUT2D eigenvalue weighted by Crippen LogP contribution is -2.54. The van der Waals surface area contributed by atoms with Gasteiger partial charge in [-0.1, -0.05) is 42.5 Å². The summed E-state index contributed by atoms with van der Waals surface area (Å²) in [5.41, 5.74) is 3.25. The van der Waals surface area contributed by atoms with Crippen molar-refractivity contribution in [2.24, 2.45) is 0 Å². The van der Waals surface area contributed by atoms with Gasteiger partial charge in [0, 0.05) is 5.56 Å². The first-order chi connectivity index (χ1) is 16.8. The molecule has 1 aliphatic heterocycles. The number of hydrogen-bond donors (Lipinski definition) is 2. The Morgan fingerprint density at radius 1 is 0.971 bits per heavy atom. The number of nitrogens with zero attached hydrogens (tertiary/aromatic N) is 1. The zero-order chi connectivity index (χ0) is 25.1. The van der Waals surface area contributed by atoms with E-state index < -0.39 is 23.8 Å². The zero-order valence-electron chi connectivity index (χ0n) is 19.1. The molecule has 1 heterocycles. The van der Waals surface area contributed by atoms with Crippen LogP contribution in [0.3, 0.4) is 0 Å². The van der Waals surface area contributed by atoms with E-state index in [1.165, 1.54) is 18.2 Å². The number of hydrogen-bond acceptors (Lipinski definition) is 5. The zero-order valence-corrected chi connectivity index (χ0v) is 19.1. The number of urea groups is 1. The van der Waals surface area contributed by atoms with Crippen LogP contribution >= 0.6 is 0 Å². The van der Waals surface area contributed by atoms with Crippen LogP contribution in [0.5, 0.6) is 5.75 Å². The van der Waals surface area contributed by atoms with E-state index in [-0.39, 0.29) is 17.7 Å². The van der Waals surface area contributed by atoms with Crippen molar-refractivity contribution in [2.45, 2.75) is 20.5 Å². The Labute approximate surface area is 201 Å². The normalized spacial score (nSPS) is 14.7. The Hall–Kier alpha value is -4.72. The first-order valence-electron chi connectivity index (χ1n) is 10.8. The molecule has 1 aliphatic rings. The van der Waals surface area contributed by atoms with Crippen molar-refractivity contribution >= 4 is 35.6 Å². The highest BCUT2D eigenvalue weighted by Gasteiger charge is 2.37. The van der Waals surface area contributed by atoms with Crippen molar-refractivity contribution in [3.63, 3.8) is 0 Å². The summed E-state index contributed by atoms with van der Waals surface area (Å²) in [6.07, 6.45) is 1.39. The predicted octanol–water partition coefficient (Wildman–Crippen LogP) is 4.25. The lowest BCUT2D eigenvalue weighted by atomic mass is 10.0. The summed E-state index contributed by atoms with van der Waals surface area (Å²) in [6.45, 7) is 3.82. The van der Waals surface area contributed by atoms with E-state index in [9.17, 15) is 19.2 Å². The minimum absolute atomic E-state index is 0.146. The van der Waals surface area contributed by atoms with Crippen LogP contribution in [-0.4, -0.2) is 28.9 Å². The molecule has 8 heteroatoms. The van der Waals surface area contributed by atoms with E-state index in [1.807, 2.05) is 13.0 Å². The number of para-hydroxylation sites is 1. The summed E-state index contributed by atoms with van der Waals surface area (Å²) in [6, 6.07) is 17.6. The van der Waals surface area contributed by atoms with Gasteiger partial charge in [0.25, 0.3) is 11.8 Å². The highest BCUT2D eigenvalue weighted by atomic mass is 16.5. The Morgan fingerprint density at radius 3 is 2.40 bits per heavy atom. The first-order valence-corrected chi connectivity index (χ1v) is 10.8. The number of imide groups is 2. The molecular weight excluding hydrogens is 448 g/mol. The van der Waals surface area contributed by atoms with E-state index in [0.717, 1.165) is 21.6 Å². The SMILES string of the molecule is Cc1cccc(N2C(=O)NC(=O)/C(=C\c3ccccc3OCc3ccc(C(=O)O)cc3)C2=O)c1C. The topological polar surface area (TPSA) is 113 Å². The molecule has 4 rings (SSSR count). The molecule has 0 aliphatic carbocycles. The van der Waals surface area contributed by atoms with Gasteiger partial charge in [0.15, 0.2) is 0 Å². The van der Waals surface area contributed by atoms with Gasteiger partial charge in [-0.2, -0.15) is 0 Å². The fourth-order valence-corrected chi connectivity index (χ4v) is 3.65. The monoisotopic (exact) mass is 470 g/mol. The van der Waals surface area contributed by atoms with E-state index in [0.29, 0.717) is 17.0 Å². The van der Waals surface area contributed by atoms with Crippen LogP contribution in [0.25, 0.3) is 6.08 Å². The van der Waals surface area contributed by atoms with Crippen molar-refractivity contribution in [3.05, 3.63) is 100 Å². The lowest BCUT2D eigenvalue weighted by Gasteiger charge is -2.28. The first kappa shape index (κ1) is 23.4. The number of aromatic carboxylic acids is 1. The van der Waals surface area contributed by atoms with Gasteiger partial charge >= 0.3 is 12.0 Å². The number of anilines is 1. The Balaban J connectivity index is 1.62. The summed E-state index contributed by atoms with van der Waals surface area (Å²) >= 11 is 0. The van der Waals surface area contributed by atoms with Gasteiger partial charge in [0.1, 0.15) is 17.9 Å². The standard InChI is InChI=1S/C27H22N2O6/c1-16-6-5-8-22(17(16)2)29-25(31)21(24(30)28-27(29)34)14-20-7-3-4-9-23(20)35-15-18-10-12-19(13-11-18)26(32)33/h3-14H,15H2,1-2H3,(H,32,33)(H,28,30,34)/b21-14+. The number of carbonyl (C=O) groups is 4. The van der Waals surface area contributed by atoms with E-state index in [1.54, 1.807) is 55.5 Å². The smallest absolute Gasteiger partial charge is 0.335 e. The number of amides is 4. The molecule has 0 bridgehead atoms. The maximum absolute atomic E-state index is 13.3. The number of benzene rings is 3. The molecule has 3 aromatic carbocycles. The number of nitrogens with one attached hydrogen (secondary N) is 1. The summed E-state index contributed by atoms with van der Waals surface area (Å²) < 4.78 is 5.89. The van der Waals surface area contributed by atoms with Gasteiger partial charge in [0.2, 0.25) is 0 Å². The van der Waals surface area contributed by atoms with E-state index in [2.05, 4.69) is 5.32 Å². The molecular formula is C27H22N2O6. The van der Waals surface area contributed by atoms with Crippen molar-refractivity contribution < 1.29 is 29.0 Å². The van der Waals surface area contributed by atoms with Crippen LogP contribution in [0.1, 0.15) is 32.6 Å². The van der Waals surface area contributed by atoms with Crippen molar-refractivity contribution in [2.75, 3.05) is 4.90 Å². The van der Waals surface area contributed by atoms with Crippen molar-refractivity contribution in [1.29, 1.82) is 0 Å². The van der Waals surface area contributed by atoms with Crippen LogP contribution in [0.4, 0.5) is 10.5 Å². The minimum atomic E-state index is -1.02. The average Bonchev–Trinajstić information content (AvgIpc) is 2.83. The highest BCUT2D eigenvalue weighted by molar-refractivity contribution is 6.39. The van der Waals surface area contributed by atoms with Gasteiger partial charge in [-0.15, -0.1) is 0 Å². The number of carbonyl (C=O) groups excluding carboxylic acids is 3. The van der Waals surface area contributed by atoms with Gasteiger partial charge in [-0.05, 0) is 60.9 Å². The lowest BCUT2D eigenvalue weighted by molar-refractivity contribution is -0.122. The van der Waals surface area contributed by atoms with Gasteiger partial charge in [-0.25, -0.2) is 14.5 Å². The van der Waals surface area contributed by atoms with Crippen LogP contribution in [-0.2, 0) is 16.2 Å². The Kier molecular flexibility index (Phi) is 6.46. The molecule has 4 amide bonds.